The summed E-state index contributed by atoms with van der Waals surface area (Å²) in [6.45, 7) is -1.34. The molecule has 0 amide bonds. The summed E-state index contributed by atoms with van der Waals surface area (Å²) in [7, 11) is 0. The quantitative estimate of drug-likeness (QED) is 0.701. The van der Waals surface area contributed by atoms with E-state index < -0.39 is 24.7 Å². The van der Waals surface area contributed by atoms with Crippen molar-refractivity contribution in [3.63, 3.8) is 0 Å². The SMILES string of the molecule is FC(F)(F)CNC1CCCCC1(F)F. The minimum Gasteiger partial charge on any atom is -0.300 e. The van der Waals surface area contributed by atoms with E-state index in [0.717, 1.165) is 0 Å². The Morgan fingerprint density at radius 2 is 1.86 bits per heavy atom. The Morgan fingerprint density at radius 3 is 2.36 bits per heavy atom. The van der Waals surface area contributed by atoms with Crippen molar-refractivity contribution < 1.29 is 22.0 Å². The van der Waals surface area contributed by atoms with Crippen molar-refractivity contribution in [2.45, 2.75) is 43.8 Å². The van der Waals surface area contributed by atoms with Crippen LogP contribution in [0.1, 0.15) is 25.7 Å². The van der Waals surface area contributed by atoms with Crippen LogP contribution in [0.4, 0.5) is 22.0 Å². The third-order valence-electron chi connectivity index (χ3n) is 2.31. The highest BCUT2D eigenvalue weighted by Gasteiger charge is 2.42. The molecule has 1 N–H and O–H groups in total. The van der Waals surface area contributed by atoms with Gasteiger partial charge in [0, 0.05) is 6.42 Å². The highest BCUT2D eigenvalue weighted by molar-refractivity contribution is 4.87. The van der Waals surface area contributed by atoms with E-state index in [2.05, 4.69) is 0 Å². The number of hydrogen-bond acceptors (Lipinski definition) is 1. The molecule has 0 aromatic heterocycles. The Morgan fingerprint density at radius 1 is 1.21 bits per heavy atom. The van der Waals surface area contributed by atoms with E-state index in [1.807, 2.05) is 5.32 Å². The van der Waals surface area contributed by atoms with Crippen molar-refractivity contribution in [3.8, 4) is 0 Å². The normalized spacial score (nSPS) is 27.6. The lowest BCUT2D eigenvalue weighted by Gasteiger charge is -2.32. The van der Waals surface area contributed by atoms with Crippen LogP contribution in [0.25, 0.3) is 0 Å². The lowest BCUT2D eigenvalue weighted by molar-refractivity contribution is -0.136. The molecule has 1 saturated carbocycles. The van der Waals surface area contributed by atoms with Crippen molar-refractivity contribution in [3.05, 3.63) is 0 Å². The molecule has 1 rings (SSSR count). The van der Waals surface area contributed by atoms with Gasteiger partial charge in [-0.25, -0.2) is 8.78 Å². The zero-order valence-corrected chi connectivity index (χ0v) is 7.50. The van der Waals surface area contributed by atoms with Gasteiger partial charge in [-0.2, -0.15) is 13.2 Å². The van der Waals surface area contributed by atoms with Crippen LogP contribution in [0.3, 0.4) is 0 Å². The largest absolute Gasteiger partial charge is 0.401 e. The summed E-state index contributed by atoms with van der Waals surface area (Å²) < 4.78 is 61.3. The summed E-state index contributed by atoms with van der Waals surface area (Å²) in [5, 5.41) is 1.88. The summed E-state index contributed by atoms with van der Waals surface area (Å²) >= 11 is 0. The molecule has 0 aromatic carbocycles. The first-order chi connectivity index (χ1) is 6.31. The average molecular weight is 217 g/mol. The van der Waals surface area contributed by atoms with Crippen molar-refractivity contribution in [1.82, 2.24) is 5.32 Å². The molecule has 0 saturated heterocycles. The Labute approximate surface area is 78.7 Å². The molecule has 1 unspecified atom stereocenters. The minimum atomic E-state index is -4.42. The van der Waals surface area contributed by atoms with E-state index in [0.29, 0.717) is 12.8 Å². The number of hydrogen-bond donors (Lipinski definition) is 1. The number of halogens is 5. The molecule has 0 aromatic rings. The second kappa shape index (κ2) is 4.00. The molecule has 6 heteroatoms. The molecular formula is C8H12F5N. The molecule has 14 heavy (non-hydrogen) atoms. The molecule has 1 atom stereocenters. The maximum atomic E-state index is 13.0. The van der Waals surface area contributed by atoms with Crippen LogP contribution in [0.15, 0.2) is 0 Å². The summed E-state index contributed by atoms with van der Waals surface area (Å²) in [6.07, 6.45) is -3.68. The van der Waals surface area contributed by atoms with Crippen LogP contribution in [-0.2, 0) is 0 Å². The molecule has 0 heterocycles. The van der Waals surface area contributed by atoms with Crippen LogP contribution in [0.5, 0.6) is 0 Å². The van der Waals surface area contributed by atoms with Crippen LogP contribution < -0.4 is 5.32 Å². The van der Waals surface area contributed by atoms with Crippen molar-refractivity contribution >= 4 is 0 Å². The van der Waals surface area contributed by atoms with Gasteiger partial charge in [-0.15, -0.1) is 0 Å². The second-order valence-electron chi connectivity index (χ2n) is 3.56. The molecule has 0 radical (unpaired) electrons. The Bertz CT molecular complexity index is 189. The molecule has 0 bridgehead atoms. The first-order valence-electron chi connectivity index (χ1n) is 4.49. The molecule has 1 aliphatic rings. The van der Waals surface area contributed by atoms with E-state index in [1.165, 1.54) is 0 Å². The summed E-state index contributed by atoms with van der Waals surface area (Å²) in [5.41, 5.74) is 0. The molecule has 1 nitrogen and oxygen atoms in total. The van der Waals surface area contributed by atoms with E-state index in [4.69, 9.17) is 0 Å². The Hall–Kier alpha value is -0.390. The average Bonchev–Trinajstić information content (AvgIpc) is 2.00. The number of nitrogens with one attached hydrogen (secondary N) is 1. The predicted molar refractivity (Wildman–Crippen MR) is 41.3 cm³/mol. The van der Waals surface area contributed by atoms with Gasteiger partial charge in [-0.1, -0.05) is 6.42 Å². The maximum Gasteiger partial charge on any atom is 0.401 e. The van der Waals surface area contributed by atoms with Crippen LogP contribution in [0, 0.1) is 0 Å². The number of alkyl halides is 5. The fourth-order valence-corrected chi connectivity index (χ4v) is 1.58. The van der Waals surface area contributed by atoms with Crippen LogP contribution >= 0.6 is 0 Å². The van der Waals surface area contributed by atoms with E-state index >= 15 is 0 Å². The Kier molecular flexibility index (Phi) is 3.34. The Balaban J connectivity index is 2.42. The minimum absolute atomic E-state index is 0.114. The van der Waals surface area contributed by atoms with Crippen LogP contribution in [-0.4, -0.2) is 24.7 Å². The van der Waals surface area contributed by atoms with Gasteiger partial charge in [0.25, 0.3) is 5.92 Å². The standard InChI is InChI=1S/C8H12F5N/c9-7(10)4-2-1-3-6(7)14-5-8(11,12)13/h6,14H,1-5H2. The van der Waals surface area contributed by atoms with Gasteiger partial charge in [0.2, 0.25) is 0 Å². The summed E-state index contributed by atoms with van der Waals surface area (Å²) in [4.78, 5) is 0. The van der Waals surface area contributed by atoms with Crippen molar-refractivity contribution in [2.75, 3.05) is 6.54 Å². The topological polar surface area (TPSA) is 12.0 Å². The first kappa shape index (κ1) is 11.7. The van der Waals surface area contributed by atoms with Gasteiger partial charge in [-0.05, 0) is 12.8 Å². The molecule has 1 fully saturated rings. The van der Waals surface area contributed by atoms with Crippen molar-refractivity contribution in [1.29, 1.82) is 0 Å². The smallest absolute Gasteiger partial charge is 0.300 e. The van der Waals surface area contributed by atoms with Crippen molar-refractivity contribution in [2.24, 2.45) is 0 Å². The summed E-state index contributed by atoms with van der Waals surface area (Å²) in [5.74, 6) is -3.00. The van der Waals surface area contributed by atoms with Gasteiger partial charge in [0.1, 0.15) is 0 Å². The van der Waals surface area contributed by atoms with Gasteiger partial charge in [0.15, 0.2) is 0 Å². The highest BCUT2D eigenvalue weighted by atomic mass is 19.4. The molecule has 84 valence electrons. The van der Waals surface area contributed by atoms with Gasteiger partial charge >= 0.3 is 6.18 Å². The third-order valence-corrected chi connectivity index (χ3v) is 2.31. The molecule has 1 aliphatic carbocycles. The zero-order valence-electron chi connectivity index (χ0n) is 7.50. The fourth-order valence-electron chi connectivity index (χ4n) is 1.58. The lowest BCUT2D eigenvalue weighted by Crippen LogP contribution is -2.49. The number of rotatable bonds is 2. The third kappa shape index (κ3) is 3.40. The first-order valence-corrected chi connectivity index (χ1v) is 4.49. The zero-order chi connectivity index (χ0) is 10.8. The lowest BCUT2D eigenvalue weighted by atomic mass is 9.91. The molecule has 0 aliphatic heterocycles. The maximum absolute atomic E-state index is 13.0. The summed E-state index contributed by atoms with van der Waals surface area (Å²) in [6, 6.07) is -1.32. The monoisotopic (exact) mass is 217 g/mol. The highest BCUT2D eigenvalue weighted by Crippen LogP contribution is 2.33. The fraction of sp³-hybridized carbons (Fsp3) is 1.00. The molecule has 0 spiro atoms. The van der Waals surface area contributed by atoms with E-state index in [9.17, 15) is 22.0 Å². The van der Waals surface area contributed by atoms with Gasteiger partial charge < -0.3 is 5.32 Å². The second-order valence-corrected chi connectivity index (χ2v) is 3.56. The van der Waals surface area contributed by atoms with Crippen LogP contribution in [0.2, 0.25) is 0 Å². The van der Waals surface area contributed by atoms with E-state index in [1.54, 1.807) is 0 Å². The molecular weight excluding hydrogens is 205 g/mol. The van der Waals surface area contributed by atoms with Gasteiger partial charge in [0.05, 0.1) is 12.6 Å². The van der Waals surface area contributed by atoms with Gasteiger partial charge in [-0.3, -0.25) is 0 Å². The predicted octanol–water partition coefficient (Wildman–Crippen LogP) is 2.72. The van der Waals surface area contributed by atoms with E-state index in [-0.39, 0.29) is 12.8 Å².